The van der Waals surface area contributed by atoms with Crippen LogP contribution in [0, 0.1) is 5.82 Å². The van der Waals surface area contributed by atoms with Crippen molar-refractivity contribution in [1.82, 2.24) is 5.43 Å². The van der Waals surface area contributed by atoms with Crippen molar-refractivity contribution in [3.63, 3.8) is 0 Å². The van der Waals surface area contributed by atoms with Crippen molar-refractivity contribution in [3.8, 4) is 23.0 Å². The number of rotatable bonds is 8. The zero-order chi connectivity index (χ0) is 23.8. The van der Waals surface area contributed by atoms with Crippen molar-refractivity contribution in [1.29, 1.82) is 0 Å². The molecule has 0 spiro atoms. The van der Waals surface area contributed by atoms with E-state index in [1.165, 1.54) is 63.9 Å². The summed E-state index contributed by atoms with van der Waals surface area (Å²) in [4.78, 5) is 24.7. The fraction of sp³-hybridized carbons (Fsp3) is 0.125. The van der Waals surface area contributed by atoms with Crippen LogP contribution < -0.4 is 24.4 Å². The molecule has 0 aromatic heterocycles. The van der Waals surface area contributed by atoms with E-state index in [1.807, 2.05) is 0 Å². The van der Waals surface area contributed by atoms with Crippen molar-refractivity contribution >= 4 is 18.1 Å². The molecule has 0 fully saturated rings. The smallest absolute Gasteiger partial charge is 0.343 e. The van der Waals surface area contributed by atoms with Gasteiger partial charge in [0.2, 0.25) is 5.75 Å². The number of carbonyl (C=O) groups excluding carboxylic acids is 2. The molecular weight excluding hydrogens is 431 g/mol. The normalized spacial score (nSPS) is 10.5. The average Bonchev–Trinajstić information content (AvgIpc) is 2.83. The van der Waals surface area contributed by atoms with E-state index in [4.69, 9.17) is 18.9 Å². The summed E-state index contributed by atoms with van der Waals surface area (Å²) in [7, 11) is 4.36. The maximum atomic E-state index is 13.0. The minimum atomic E-state index is -0.632. The van der Waals surface area contributed by atoms with Crippen LogP contribution in [0.1, 0.15) is 26.3 Å². The van der Waals surface area contributed by atoms with Crippen LogP contribution in [0.4, 0.5) is 4.39 Å². The van der Waals surface area contributed by atoms with Gasteiger partial charge < -0.3 is 18.9 Å². The summed E-state index contributed by atoms with van der Waals surface area (Å²) in [6.45, 7) is 0. The highest BCUT2D eigenvalue weighted by atomic mass is 19.1. The van der Waals surface area contributed by atoms with E-state index in [0.717, 1.165) is 0 Å². The molecule has 9 heteroatoms. The van der Waals surface area contributed by atoms with Crippen LogP contribution in [0.15, 0.2) is 65.8 Å². The second-order valence-corrected chi connectivity index (χ2v) is 6.58. The van der Waals surface area contributed by atoms with Gasteiger partial charge in [0.25, 0.3) is 5.91 Å². The van der Waals surface area contributed by atoms with Crippen molar-refractivity contribution in [2.75, 3.05) is 21.3 Å². The molecule has 0 saturated heterocycles. The monoisotopic (exact) mass is 452 g/mol. The second-order valence-electron chi connectivity index (χ2n) is 6.58. The fourth-order valence-corrected chi connectivity index (χ4v) is 2.85. The van der Waals surface area contributed by atoms with Crippen molar-refractivity contribution in [3.05, 3.63) is 83.2 Å². The number of halogens is 1. The second kappa shape index (κ2) is 10.8. The number of hydrogen-bond acceptors (Lipinski definition) is 7. The predicted octanol–water partition coefficient (Wildman–Crippen LogP) is 3.83. The van der Waals surface area contributed by atoms with Gasteiger partial charge in [-0.2, -0.15) is 5.10 Å². The summed E-state index contributed by atoms with van der Waals surface area (Å²) >= 11 is 0. The Morgan fingerprint density at radius 2 is 1.55 bits per heavy atom. The first-order valence-electron chi connectivity index (χ1n) is 9.66. The molecule has 170 valence electrons. The minimum absolute atomic E-state index is 0.204. The Hall–Kier alpha value is -4.40. The lowest BCUT2D eigenvalue weighted by Crippen LogP contribution is -2.17. The van der Waals surface area contributed by atoms with Crippen LogP contribution in [-0.4, -0.2) is 39.4 Å². The molecule has 0 aliphatic rings. The van der Waals surface area contributed by atoms with Crippen LogP contribution in [0.3, 0.4) is 0 Å². The average molecular weight is 452 g/mol. The molecule has 1 amide bonds. The van der Waals surface area contributed by atoms with Gasteiger partial charge in [-0.3, -0.25) is 4.79 Å². The molecule has 0 saturated carbocycles. The maximum absolute atomic E-state index is 13.0. The van der Waals surface area contributed by atoms with Gasteiger partial charge in [0.1, 0.15) is 11.6 Å². The number of nitrogens with zero attached hydrogens (tertiary/aromatic N) is 1. The lowest BCUT2D eigenvalue weighted by molar-refractivity contribution is 0.0733. The first kappa shape index (κ1) is 23.3. The molecular formula is C24H21FN2O6. The number of hydrogen-bond donors (Lipinski definition) is 1. The largest absolute Gasteiger partial charge is 0.493 e. The van der Waals surface area contributed by atoms with Crippen LogP contribution in [-0.2, 0) is 0 Å². The van der Waals surface area contributed by atoms with E-state index < -0.39 is 17.7 Å². The number of methoxy groups -OCH3 is 3. The van der Waals surface area contributed by atoms with E-state index in [9.17, 15) is 14.0 Å². The number of esters is 1. The van der Waals surface area contributed by atoms with Crippen molar-refractivity contribution < 1.29 is 32.9 Å². The molecule has 33 heavy (non-hydrogen) atoms. The summed E-state index contributed by atoms with van der Waals surface area (Å²) in [5.74, 6) is -0.291. The quantitative estimate of drug-likeness (QED) is 0.242. The first-order valence-corrected chi connectivity index (χ1v) is 9.66. The summed E-state index contributed by atoms with van der Waals surface area (Å²) in [5.41, 5.74) is 3.39. The zero-order valence-electron chi connectivity index (χ0n) is 18.1. The Balaban J connectivity index is 1.69. The van der Waals surface area contributed by atoms with Gasteiger partial charge in [-0.05, 0) is 54.1 Å². The minimum Gasteiger partial charge on any atom is -0.493 e. The summed E-state index contributed by atoms with van der Waals surface area (Å²) in [6, 6.07) is 14.6. The number of hydrazone groups is 1. The highest BCUT2D eigenvalue weighted by Gasteiger charge is 2.18. The highest BCUT2D eigenvalue weighted by molar-refractivity contribution is 5.95. The van der Waals surface area contributed by atoms with E-state index in [0.29, 0.717) is 22.8 Å². The number of benzene rings is 3. The number of nitrogens with one attached hydrogen (secondary N) is 1. The lowest BCUT2D eigenvalue weighted by atomic mass is 10.1. The van der Waals surface area contributed by atoms with Gasteiger partial charge in [0, 0.05) is 5.56 Å². The number of carbonyl (C=O) groups is 2. The Labute approximate surface area is 189 Å². The maximum Gasteiger partial charge on any atom is 0.343 e. The van der Waals surface area contributed by atoms with Gasteiger partial charge in [-0.25, -0.2) is 14.6 Å². The third-order valence-corrected chi connectivity index (χ3v) is 4.46. The lowest BCUT2D eigenvalue weighted by Gasteiger charge is -2.13. The molecule has 0 atom stereocenters. The molecule has 0 aliphatic carbocycles. The molecule has 3 aromatic rings. The van der Waals surface area contributed by atoms with Gasteiger partial charge in [0.15, 0.2) is 11.5 Å². The van der Waals surface area contributed by atoms with Gasteiger partial charge >= 0.3 is 5.97 Å². The number of ether oxygens (including phenoxy) is 4. The van der Waals surface area contributed by atoms with Gasteiger partial charge in [0.05, 0.1) is 33.1 Å². The van der Waals surface area contributed by atoms with Crippen LogP contribution in [0.25, 0.3) is 0 Å². The fourth-order valence-electron chi connectivity index (χ4n) is 2.85. The molecule has 0 bridgehead atoms. The Bertz CT molecular complexity index is 1150. The van der Waals surface area contributed by atoms with Crippen molar-refractivity contribution in [2.45, 2.75) is 0 Å². The molecule has 0 heterocycles. The topological polar surface area (TPSA) is 95.5 Å². The SMILES string of the molecule is COc1cc(C(=O)Oc2cccc(/C=N\NC(=O)c3ccc(F)cc3)c2)cc(OC)c1OC. The van der Waals surface area contributed by atoms with Crippen LogP contribution >= 0.6 is 0 Å². The van der Waals surface area contributed by atoms with E-state index in [1.54, 1.807) is 24.3 Å². The standard InChI is InChI=1S/C24H21FN2O6/c1-30-20-12-17(13-21(31-2)22(20)32-3)24(29)33-19-6-4-5-15(11-19)14-26-27-23(28)16-7-9-18(25)10-8-16/h4-14H,1-3H3,(H,27,28)/b26-14-. The van der Waals surface area contributed by atoms with Crippen LogP contribution in [0.5, 0.6) is 23.0 Å². The molecule has 0 aliphatic heterocycles. The molecule has 0 radical (unpaired) electrons. The third kappa shape index (κ3) is 5.85. The van der Waals surface area contributed by atoms with Crippen LogP contribution in [0.2, 0.25) is 0 Å². The molecule has 3 aromatic carbocycles. The molecule has 1 N–H and O–H groups in total. The Morgan fingerprint density at radius 3 is 2.15 bits per heavy atom. The molecule has 0 unspecified atom stereocenters. The summed E-state index contributed by atoms with van der Waals surface area (Å²) < 4.78 is 34.2. The molecule has 8 nitrogen and oxygen atoms in total. The number of amides is 1. The van der Waals surface area contributed by atoms with E-state index in [-0.39, 0.29) is 16.9 Å². The first-order chi connectivity index (χ1) is 15.9. The zero-order valence-corrected chi connectivity index (χ0v) is 18.1. The van der Waals surface area contributed by atoms with E-state index >= 15 is 0 Å². The Kier molecular flexibility index (Phi) is 7.59. The third-order valence-electron chi connectivity index (χ3n) is 4.46. The van der Waals surface area contributed by atoms with Gasteiger partial charge in [-0.15, -0.1) is 0 Å². The predicted molar refractivity (Wildman–Crippen MR) is 119 cm³/mol. The Morgan fingerprint density at radius 1 is 0.879 bits per heavy atom. The molecule has 3 rings (SSSR count). The van der Waals surface area contributed by atoms with Crippen molar-refractivity contribution in [2.24, 2.45) is 5.10 Å². The van der Waals surface area contributed by atoms with Gasteiger partial charge in [-0.1, -0.05) is 12.1 Å². The highest BCUT2D eigenvalue weighted by Crippen LogP contribution is 2.38. The summed E-state index contributed by atoms with van der Waals surface area (Å²) in [6.07, 6.45) is 1.39. The summed E-state index contributed by atoms with van der Waals surface area (Å²) in [5, 5.41) is 3.88. The van der Waals surface area contributed by atoms with E-state index in [2.05, 4.69) is 10.5 Å².